The van der Waals surface area contributed by atoms with Gasteiger partial charge in [-0.3, -0.25) is 14.4 Å². The summed E-state index contributed by atoms with van der Waals surface area (Å²) in [6.45, 7) is 1.60. The summed E-state index contributed by atoms with van der Waals surface area (Å²) in [5.41, 5.74) is 4.99. The van der Waals surface area contributed by atoms with Crippen LogP contribution < -0.4 is 11.3 Å². The number of nitrogens with two attached hydrogens (primary N) is 1. The second kappa shape index (κ2) is 6.20. The average Bonchev–Trinajstić information content (AvgIpc) is 2.27. The monoisotopic (exact) mass is 271 g/mol. The highest BCUT2D eigenvalue weighted by Gasteiger charge is 2.13. The molecule has 0 saturated carbocycles. The maximum absolute atomic E-state index is 11.4. The van der Waals surface area contributed by atoms with Crippen LogP contribution in [0.5, 0.6) is 0 Å². The predicted octanol–water partition coefficient (Wildman–Crippen LogP) is -0.549. The molecule has 0 aromatic carbocycles. The standard InChI is InChI=1S/C10H13N3O4S/c1-5(9(11)16)18-10-12-6(3-7(14)13-10)4-8(15)17-2/h3,5H,4H2,1-2H3,(H2,11,16)(H,12,13,14)/t5-/m0/s1. The molecule has 0 unspecified atom stereocenters. The van der Waals surface area contributed by atoms with E-state index in [0.717, 1.165) is 11.8 Å². The molecule has 0 saturated heterocycles. The van der Waals surface area contributed by atoms with Crippen molar-refractivity contribution in [2.45, 2.75) is 23.8 Å². The Labute approximate surface area is 107 Å². The first-order chi connectivity index (χ1) is 8.42. The van der Waals surface area contributed by atoms with Crippen molar-refractivity contribution in [1.82, 2.24) is 9.97 Å². The summed E-state index contributed by atoms with van der Waals surface area (Å²) in [7, 11) is 1.25. The summed E-state index contributed by atoms with van der Waals surface area (Å²) in [6.07, 6.45) is -0.0983. The highest BCUT2D eigenvalue weighted by atomic mass is 32.2. The van der Waals surface area contributed by atoms with Crippen molar-refractivity contribution in [2.75, 3.05) is 7.11 Å². The zero-order chi connectivity index (χ0) is 13.7. The minimum absolute atomic E-state index is 0.0983. The molecule has 0 spiro atoms. The zero-order valence-electron chi connectivity index (χ0n) is 9.93. The van der Waals surface area contributed by atoms with Gasteiger partial charge in [-0.05, 0) is 6.92 Å². The summed E-state index contributed by atoms with van der Waals surface area (Å²) >= 11 is 1.02. The van der Waals surface area contributed by atoms with E-state index in [2.05, 4.69) is 14.7 Å². The summed E-state index contributed by atoms with van der Waals surface area (Å²) in [6, 6.07) is 1.20. The average molecular weight is 271 g/mol. The molecule has 18 heavy (non-hydrogen) atoms. The van der Waals surface area contributed by atoms with Crippen molar-refractivity contribution in [2.24, 2.45) is 5.73 Å². The quantitative estimate of drug-likeness (QED) is 0.422. The number of H-pyrrole nitrogens is 1. The number of methoxy groups -OCH3 is 1. The maximum atomic E-state index is 11.4. The first-order valence-corrected chi connectivity index (χ1v) is 5.93. The van der Waals surface area contributed by atoms with Crippen molar-refractivity contribution < 1.29 is 14.3 Å². The Bertz CT molecular complexity index is 514. The Kier molecular flexibility index (Phi) is 4.90. The molecule has 1 rings (SSSR count). The van der Waals surface area contributed by atoms with Gasteiger partial charge in [0.15, 0.2) is 5.16 Å². The zero-order valence-corrected chi connectivity index (χ0v) is 10.7. The largest absolute Gasteiger partial charge is 0.469 e. The molecule has 3 N–H and O–H groups in total. The van der Waals surface area contributed by atoms with Crippen LogP contribution in [0.15, 0.2) is 16.0 Å². The number of primary amides is 1. The van der Waals surface area contributed by atoms with E-state index < -0.39 is 22.7 Å². The first-order valence-electron chi connectivity index (χ1n) is 5.05. The Hall–Kier alpha value is -1.83. The van der Waals surface area contributed by atoms with Gasteiger partial charge < -0.3 is 15.5 Å². The van der Waals surface area contributed by atoms with Crippen LogP contribution >= 0.6 is 11.8 Å². The molecule has 0 aliphatic heterocycles. The van der Waals surface area contributed by atoms with Gasteiger partial charge in [0.05, 0.1) is 24.5 Å². The number of esters is 1. The number of hydrogen-bond acceptors (Lipinski definition) is 6. The lowest BCUT2D eigenvalue weighted by molar-refractivity contribution is -0.139. The van der Waals surface area contributed by atoms with Gasteiger partial charge in [-0.2, -0.15) is 0 Å². The second-order valence-electron chi connectivity index (χ2n) is 3.46. The number of hydrogen-bond donors (Lipinski definition) is 2. The van der Waals surface area contributed by atoms with Gasteiger partial charge in [0, 0.05) is 6.07 Å². The highest BCUT2D eigenvalue weighted by molar-refractivity contribution is 8.00. The van der Waals surface area contributed by atoms with Gasteiger partial charge in [0.1, 0.15) is 0 Å². The normalized spacial score (nSPS) is 11.9. The molecule has 8 heteroatoms. The van der Waals surface area contributed by atoms with E-state index in [9.17, 15) is 14.4 Å². The minimum atomic E-state index is -0.526. The van der Waals surface area contributed by atoms with Crippen molar-refractivity contribution in [3.63, 3.8) is 0 Å². The lowest BCUT2D eigenvalue weighted by Gasteiger charge is -2.06. The Morgan fingerprint density at radius 2 is 2.28 bits per heavy atom. The van der Waals surface area contributed by atoms with E-state index in [1.807, 2.05) is 0 Å². The van der Waals surface area contributed by atoms with Gasteiger partial charge >= 0.3 is 5.97 Å². The summed E-state index contributed by atoms with van der Waals surface area (Å²) in [5.74, 6) is -1.01. The molecule has 1 atom stereocenters. The molecule has 7 nitrogen and oxygen atoms in total. The smallest absolute Gasteiger partial charge is 0.311 e. The Morgan fingerprint density at radius 3 is 2.83 bits per heavy atom. The van der Waals surface area contributed by atoms with Crippen LogP contribution in [0.25, 0.3) is 0 Å². The fourth-order valence-electron chi connectivity index (χ4n) is 1.08. The molecule has 98 valence electrons. The highest BCUT2D eigenvalue weighted by Crippen LogP contribution is 2.17. The first kappa shape index (κ1) is 14.2. The second-order valence-corrected chi connectivity index (χ2v) is 4.79. The lowest BCUT2D eigenvalue weighted by Crippen LogP contribution is -2.23. The van der Waals surface area contributed by atoms with Crippen molar-refractivity contribution in [1.29, 1.82) is 0 Å². The molecule has 1 heterocycles. The maximum Gasteiger partial charge on any atom is 0.311 e. The number of ether oxygens (including phenoxy) is 1. The van der Waals surface area contributed by atoms with Crippen LogP contribution in [0.3, 0.4) is 0 Å². The van der Waals surface area contributed by atoms with Gasteiger partial charge in [0.2, 0.25) is 5.91 Å². The summed E-state index contributed by atoms with van der Waals surface area (Å²) in [5, 5.41) is -0.283. The molecule has 1 aromatic rings. The fraction of sp³-hybridized carbons (Fsp3) is 0.400. The molecule has 0 aliphatic rings. The van der Waals surface area contributed by atoms with Crippen molar-refractivity contribution in [3.05, 3.63) is 22.1 Å². The van der Waals surface area contributed by atoms with Gasteiger partial charge in [0.25, 0.3) is 5.56 Å². The molecule has 0 aliphatic carbocycles. The number of nitrogens with one attached hydrogen (secondary N) is 1. The summed E-state index contributed by atoms with van der Waals surface area (Å²) < 4.78 is 4.48. The van der Waals surface area contributed by atoms with Crippen LogP contribution in [-0.2, 0) is 20.7 Å². The molecular formula is C10H13N3O4S. The third kappa shape index (κ3) is 4.21. The number of amides is 1. The van der Waals surface area contributed by atoms with Gasteiger partial charge in [-0.25, -0.2) is 4.98 Å². The molecule has 0 fully saturated rings. The van der Waals surface area contributed by atoms with Crippen LogP contribution in [0.2, 0.25) is 0 Å². The van der Waals surface area contributed by atoms with E-state index in [-0.39, 0.29) is 17.3 Å². The van der Waals surface area contributed by atoms with Crippen molar-refractivity contribution in [3.8, 4) is 0 Å². The van der Waals surface area contributed by atoms with Crippen LogP contribution in [0, 0.1) is 0 Å². The lowest BCUT2D eigenvalue weighted by atomic mass is 10.3. The molecular weight excluding hydrogens is 258 g/mol. The summed E-state index contributed by atoms with van der Waals surface area (Å²) in [4.78, 5) is 39.8. The van der Waals surface area contributed by atoms with Crippen LogP contribution in [-0.4, -0.2) is 34.2 Å². The minimum Gasteiger partial charge on any atom is -0.469 e. The van der Waals surface area contributed by atoms with Gasteiger partial charge in [-0.1, -0.05) is 11.8 Å². The molecule has 0 radical (unpaired) electrons. The third-order valence-corrected chi connectivity index (χ3v) is 3.02. The number of rotatable bonds is 5. The van der Waals surface area contributed by atoms with E-state index in [1.165, 1.54) is 13.2 Å². The van der Waals surface area contributed by atoms with Gasteiger partial charge in [-0.15, -0.1) is 0 Å². The number of nitrogens with zero attached hydrogens (tertiary/aromatic N) is 1. The van der Waals surface area contributed by atoms with E-state index in [1.54, 1.807) is 6.92 Å². The number of carbonyl (C=O) groups excluding carboxylic acids is 2. The molecule has 1 aromatic heterocycles. The van der Waals surface area contributed by atoms with E-state index in [0.29, 0.717) is 0 Å². The fourth-order valence-corrected chi connectivity index (χ4v) is 1.86. The predicted molar refractivity (Wildman–Crippen MR) is 65.1 cm³/mol. The number of carbonyl (C=O) groups is 2. The third-order valence-electron chi connectivity index (χ3n) is 2.02. The van der Waals surface area contributed by atoms with Crippen molar-refractivity contribution >= 4 is 23.6 Å². The molecule has 0 bridgehead atoms. The number of aromatic amines is 1. The number of aromatic nitrogens is 2. The molecule has 1 amide bonds. The Morgan fingerprint density at radius 1 is 1.61 bits per heavy atom. The Balaban J connectivity index is 2.90. The van der Waals surface area contributed by atoms with E-state index >= 15 is 0 Å². The topological polar surface area (TPSA) is 115 Å². The van der Waals surface area contributed by atoms with Crippen LogP contribution in [0.4, 0.5) is 0 Å². The van der Waals surface area contributed by atoms with Crippen LogP contribution in [0.1, 0.15) is 12.6 Å². The SMILES string of the molecule is COC(=O)Cc1cc(=O)[nH]c(S[C@@H](C)C(N)=O)n1. The number of thioether (sulfide) groups is 1. The van der Waals surface area contributed by atoms with E-state index in [4.69, 9.17) is 5.73 Å².